The molecule has 0 bridgehead atoms. The van der Waals surface area contributed by atoms with Crippen molar-refractivity contribution >= 4 is 34.9 Å². The Morgan fingerprint density at radius 3 is 2.67 bits per heavy atom. The highest BCUT2D eigenvalue weighted by Crippen LogP contribution is 2.23. The first kappa shape index (κ1) is 11.9. The molecule has 3 nitrogen and oxygen atoms in total. The molecule has 0 aliphatic carbocycles. The number of rotatable bonds is 4. The van der Waals surface area contributed by atoms with Gasteiger partial charge in [0.1, 0.15) is 0 Å². The van der Waals surface area contributed by atoms with E-state index in [2.05, 4.69) is 11.9 Å². The second kappa shape index (κ2) is 5.05. The second-order valence-corrected chi connectivity index (χ2v) is 3.81. The van der Waals surface area contributed by atoms with Gasteiger partial charge in [-0.3, -0.25) is 0 Å². The third-order valence-corrected chi connectivity index (χ3v) is 2.13. The third-order valence-electron chi connectivity index (χ3n) is 1.69. The number of halogens is 2. The van der Waals surface area contributed by atoms with Crippen LogP contribution in [0, 0.1) is 0 Å². The van der Waals surface area contributed by atoms with E-state index in [1.54, 1.807) is 6.07 Å². The van der Waals surface area contributed by atoms with Crippen LogP contribution in [0.15, 0.2) is 29.8 Å². The quantitative estimate of drug-likeness (QED) is 0.857. The van der Waals surface area contributed by atoms with Crippen LogP contribution in [0.3, 0.4) is 0 Å². The van der Waals surface area contributed by atoms with E-state index < -0.39 is 5.97 Å². The average molecular weight is 246 g/mol. The van der Waals surface area contributed by atoms with Crippen molar-refractivity contribution in [1.29, 1.82) is 0 Å². The number of hydrogen-bond donors (Lipinski definition) is 2. The van der Waals surface area contributed by atoms with E-state index in [-0.39, 0.29) is 5.56 Å². The number of carbonyl (C=O) groups is 1. The van der Waals surface area contributed by atoms with Gasteiger partial charge in [0.25, 0.3) is 0 Å². The molecule has 15 heavy (non-hydrogen) atoms. The van der Waals surface area contributed by atoms with Gasteiger partial charge >= 0.3 is 5.97 Å². The van der Waals surface area contributed by atoms with Crippen LogP contribution < -0.4 is 5.32 Å². The molecule has 0 aliphatic heterocycles. The van der Waals surface area contributed by atoms with Gasteiger partial charge in [-0.2, -0.15) is 0 Å². The van der Waals surface area contributed by atoms with Gasteiger partial charge in [0.15, 0.2) is 0 Å². The minimum absolute atomic E-state index is 0.148. The molecule has 0 heterocycles. The van der Waals surface area contributed by atoms with Crippen LogP contribution in [-0.4, -0.2) is 17.6 Å². The van der Waals surface area contributed by atoms with E-state index in [0.29, 0.717) is 22.3 Å². The summed E-state index contributed by atoms with van der Waals surface area (Å²) in [4.78, 5) is 10.6. The summed E-state index contributed by atoms with van der Waals surface area (Å²) in [7, 11) is 0. The van der Waals surface area contributed by atoms with Crippen LogP contribution in [0.4, 0.5) is 5.69 Å². The Kier molecular flexibility index (Phi) is 4.00. The van der Waals surface area contributed by atoms with Gasteiger partial charge in [0, 0.05) is 5.03 Å². The van der Waals surface area contributed by atoms with E-state index in [0.717, 1.165) is 0 Å². The first-order valence-electron chi connectivity index (χ1n) is 4.10. The maximum Gasteiger partial charge on any atom is 0.335 e. The predicted molar refractivity (Wildman–Crippen MR) is 61.9 cm³/mol. The van der Waals surface area contributed by atoms with Crippen molar-refractivity contribution in [3.63, 3.8) is 0 Å². The average Bonchev–Trinajstić information content (AvgIpc) is 2.15. The molecule has 80 valence electrons. The van der Waals surface area contributed by atoms with Crippen molar-refractivity contribution < 1.29 is 9.90 Å². The molecule has 0 amide bonds. The summed E-state index contributed by atoms with van der Waals surface area (Å²) >= 11 is 11.4. The fourth-order valence-electron chi connectivity index (χ4n) is 0.983. The third kappa shape index (κ3) is 3.46. The summed E-state index contributed by atoms with van der Waals surface area (Å²) in [6, 6.07) is 4.43. The zero-order valence-corrected chi connectivity index (χ0v) is 9.27. The summed E-state index contributed by atoms with van der Waals surface area (Å²) in [6.07, 6.45) is 0. The lowest BCUT2D eigenvalue weighted by atomic mass is 10.2. The number of aromatic carboxylic acids is 1. The fourth-order valence-corrected chi connectivity index (χ4v) is 1.30. The Balaban J connectivity index is 2.83. The van der Waals surface area contributed by atoms with Crippen molar-refractivity contribution in [3.05, 3.63) is 40.4 Å². The summed E-state index contributed by atoms with van der Waals surface area (Å²) in [6.45, 7) is 3.89. The van der Waals surface area contributed by atoms with Gasteiger partial charge < -0.3 is 10.4 Å². The lowest BCUT2D eigenvalue weighted by Crippen LogP contribution is -2.03. The van der Waals surface area contributed by atoms with Gasteiger partial charge in [-0.1, -0.05) is 29.8 Å². The van der Waals surface area contributed by atoms with E-state index in [9.17, 15) is 4.79 Å². The highest BCUT2D eigenvalue weighted by atomic mass is 35.5. The fraction of sp³-hybridized carbons (Fsp3) is 0.100. The maximum absolute atomic E-state index is 10.6. The molecule has 5 heteroatoms. The Labute approximate surface area is 97.3 Å². The molecule has 0 fully saturated rings. The predicted octanol–water partition coefficient (Wildman–Crippen LogP) is 3.20. The lowest BCUT2D eigenvalue weighted by Gasteiger charge is -2.07. The molecule has 0 saturated heterocycles. The van der Waals surface area contributed by atoms with Crippen molar-refractivity contribution in [2.45, 2.75) is 0 Å². The molecule has 0 atom stereocenters. The molecular formula is C10H9Cl2NO2. The standard InChI is InChI=1S/C10H9Cl2NO2/c1-6(11)5-13-9-3-2-7(10(14)15)4-8(9)12/h2-4,13H,1,5H2,(H,14,15). The van der Waals surface area contributed by atoms with E-state index in [1.165, 1.54) is 12.1 Å². The second-order valence-electron chi connectivity index (χ2n) is 2.87. The largest absolute Gasteiger partial charge is 0.478 e. The molecule has 0 radical (unpaired) electrons. The number of carboxylic acid groups (broad SMARTS) is 1. The van der Waals surface area contributed by atoms with Gasteiger partial charge in [-0.05, 0) is 18.2 Å². The number of hydrogen-bond acceptors (Lipinski definition) is 2. The summed E-state index contributed by atoms with van der Waals surface area (Å²) in [5.41, 5.74) is 0.777. The summed E-state index contributed by atoms with van der Waals surface area (Å²) < 4.78 is 0. The first-order chi connectivity index (χ1) is 7.00. The van der Waals surface area contributed by atoms with Gasteiger partial charge in [0.05, 0.1) is 22.8 Å². The zero-order chi connectivity index (χ0) is 11.4. The van der Waals surface area contributed by atoms with Crippen LogP contribution in [0.25, 0.3) is 0 Å². The number of nitrogens with one attached hydrogen (secondary N) is 1. The molecule has 0 aliphatic rings. The maximum atomic E-state index is 10.6. The number of carboxylic acids is 1. The van der Waals surface area contributed by atoms with Gasteiger partial charge in [-0.25, -0.2) is 4.79 Å². The number of anilines is 1. The molecule has 2 N–H and O–H groups in total. The Hall–Kier alpha value is -1.19. The minimum atomic E-state index is -1.01. The highest BCUT2D eigenvalue weighted by Gasteiger charge is 2.06. The molecule has 0 saturated carbocycles. The van der Waals surface area contributed by atoms with Gasteiger partial charge in [0.2, 0.25) is 0 Å². The Morgan fingerprint density at radius 2 is 2.20 bits per heavy atom. The molecular weight excluding hydrogens is 237 g/mol. The smallest absolute Gasteiger partial charge is 0.335 e. The normalized spacial score (nSPS) is 9.73. The Morgan fingerprint density at radius 1 is 1.53 bits per heavy atom. The monoisotopic (exact) mass is 245 g/mol. The molecule has 1 aromatic carbocycles. The SMILES string of the molecule is C=C(Cl)CNc1ccc(C(=O)O)cc1Cl. The van der Waals surface area contributed by atoms with Crippen LogP contribution in [0.1, 0.15) is 10.4 Å². The van der Waals surface area contributed by atoms with Crippen LogP contribution >= 0.6 is 23.2 Å². The van der Waals surface area contributed by atoms with Crippen LogP contribution in [-0.2, 0) is 0 Å². The first-order valence-corrected chi connectivity index (χ1v) is 4.86. The lowest BCUT2D eigenvalue weighted by molar-refractivity contribution is 0.0697. The van der Waals surface area contributed by atoms with E-state index in [4.69, 9.17) is 28.3 Å². The molecule has 0 unspecified atom stereocenters. The van der Waals surface area contributed by atoms with Gasteiger partial charge in [-0.15, -0.1) is 0 Å². The van der Waals surface area contributed by atoms with Crippen LogP contribution in [0.5, 0.6) is 0 Å². The van der Waals surface area contributed by atoms with E-state index >= 15 is 0 Å². The molecule has 1 aromatic rings. The summed E-state index contributed by atoms with van der Waals surface area (Å²) in [5, 5.41) is 12.4. The molecule has 0 aromatic heterocycles. The zero-order valence-electron chi connectivity index (χ0n) is 7.76. The Bertz CT molecular complexity index is 404. The number of benzene rings is 1. The van der Waals surface area contributed by atoms with Crippen molar-refractivity contribution in [2.75, 3.05) is 11.9 Å². The minimum Gasteiger partial charge on any atom is -0.478 e. The topological polar surface area (TPSA) is 49.3 Å². The van der Waals surface area contributed by atoms with E-state index in [1.807, 2.05) is 0 Å². The van der Waals surface area contributed by atoms with Crippen molar-refractivity contribution in [2.24, 2.45) is 0 Å². The van der Waals surface area contributed by atoms with Crippen molar-refractivity contribution in [1.82, 2.24) is 0 Å². The molecule has 1 rings (SSSR count). The highest BCUT2D eigenvalue weighted by molar-refractivity contribution is 6.33. The van der Waals surface area contributed by atoms with Crippen LogP contribution in [0.2, 0.25) is 5.02 Å². The summed E-state index contributed by atoms with van der Waals surface area (Å²) in [5.74, 6) is -1.01. The molecule has 0 spiro atoms. The van der Waals surface area contributed by atoms with Crippen molar-refractivity contribution in [3.8, 4) is 0 Å².